The number of hydrogen-bond donors (Lipinski definition) is 0. The van der Waals surface area contributed by atoms with Gasteiger partial charge in [0.1, 0.15) is 17.2 Å². The smallest absolute Gasteiger partial charge is 0.416 e. The zero-order chi connectivity index (χ0) is 21.0. The fourth-order valence-electron chi connectivity index (χ4n) is 2.47. The lowest BCUT2D eigenvalue weighted by Crippen LogP contribution is -2.39. The average molecular weight is 464 g/mol. The minimum Gasteiger partial charge on any atom is -0.443 e. The molecule has 9 nitrogen and oxygen atoms in total. The maximum Gasteiger partial charge on any atom is 0.416 e. The van der Waals surface area contributed by atoms with Crippen molar-refractivity contribution in [1.82, 2.24) is 19.6 Å². The van der Waals surface area contributed by atoms with Gasteiger partial charge in [0.05, 0.1) is 30.0 Å². The van der Waals surface area contributed by atoms with Gasteiger partial charge in [0.15, 0.2) is 5.65 Å². The van der Waals surface area contributed by atoms with Gasteiger partial charge in [-0.2, -0.15) is 14.6 Å². The van der Waals surface area contributed by atoms with Gasteiger partial charge in [0.2, 0.25) is 5.88 Å². The Balaban J connectivity index is 2.06. The number of hydrogen-bond acceptors (Lipinski definition) is 7. The van der Waals surface area contributed by atoms with Crippen LogP contribution in [0.25, 0.3) is 5.65 Å². The van der Waals surface area contributed by atoms with E-state index in [0.29, 0.717) is 28.3 Å². The summed E-state index contributed by atoms with van der Waals surface area (Å²) in [6.45, 7) is 5.99. The summed E-state index contributed by atoms with van der Waals surface area (Å²) in [4.78, 5) is 22.9. The molecule has 0 N–H and O–H groups in total. The maximum absolute atomic E-state index is 12.9. The van der Waals surface area contributed by atoms with Crippen molar-refractivity contribution >= 4 is 33.5 Å². The molecular formula is C19H22BrN5O4. The highest BCUT2D eigenvalue weighted by atomic mass is 79.9. The van der Waals surface area contributed by atoms with Gasteiger partial charge in [0.25, 0.3) is 0 Å². The Kier molecular flexibility index (Phi) is 6.33. The highest BCUT2D eigenvalue weighted by Gasteiger charge is 2.27. The molecule has 0 saturated carbocycles. The molecule has 0 atom stereocenters. The second kappa shape index (κ2) is 8.75. The van der Waals surface area contributed by atoms with Crippen LogP contribution in [0.2, 0.25) is 0 Å². The van der Waals surface area contributed by atoms with E-state index in [1.807, 2.05) is 20.8 Å². The minimum absolute atomic E-state index is 0.258. The molecule has 0 saturated heterocycles. The number of fused-ring (bicyclic) bond motifs is 1. The summed E-state index contributed by atoms with van der Waals surface area (Å²) in [6, 6.07) is 5.15. The van der Waals surface area contributed by atoms with Gasteiger partial charge in [-0.1, -0.05) is 0 Å². The molecule has 0 aliphatic carbocycles. The number of amides is 1. The normalized spacial score (nSPS) is 11.5. The van der Waals surface area contributed by atoms with E-state index < -0.39 is 11.7 Å². The molecule has 1 amide bonds. The molecule has 29 heavy (non-hydrogen) atoms. The Morgan fingerprint density at radius 1 is 1.31 bits per heavy atom. The predicted octanol–water partition coefficient (Wildman–Crippen LogP) is 4.07. The Labute approximate surface area is 176 Å². The lowest BCUT2D eigenvalue weighted by Gasteiger charge is -2.27. The van der Waals surface area contributed by atoms with E-state index in [4.69, 9.17) is 14.2 Å². The zero-order valence-electron chi connectivity index (χ0n) is 16.6. The van der Waals surface area contributed by atoms with Crippen molar-refractivity contribution in [3.63, 3.8) is 0 Å². The van der Waals surface area contributed by atoms with Crippen molar-refractivity contribution < 1.29 is 19.0 Å². The van der Waals surface area contributed by atoms with E-state index in [1.54, 1.807) is 48.4 Å². The summed E-state index contributed by atoms with van der Waals surface area (Å²) in [5.74, 6) is 1.24. The zero-order valence-corrected chi connectivity index (χ0v) is 18.2. The lowest BCUT2D eigenvalue weighted by molar-refractivity contribution is 0.0567. The van der Waals surface area contributed by atoms with Crippen LogP contribution in [0.5, 0.6) is 11.6 Å². The molecule has 0 radical (unpaired) electrons. The van der Waals surface area contributed by atoms with Gasteiger partial charge in [-0.25, -0.2) is 4.79 Å². The monoisotopic (exact) mass is 463 g/mol. The number of nitrogens with zero attached hydrogens (tertiary/aromatic N) is 5. The maximum atomic E-state index is 12.9. The van der Waals surface area contributed by atoms with Crippen LogP contribution in [0.3, 0.4) is 0 Å². The van der Waals surface area contributed by atoms with E-state index in [9.17, 15) is 4.79 Å². The van der Waals surface area contributed by atoms with Crippen LogP contribution in [-0.4, -0.2) is 51.5 Å². The first-order valence-corrected chi connectivity index (χ1v) is 9.69. The summed E-state index contributed by atoms with van der Waals surface area (Å²) in [5, 5.41) is 4.32. The fourth-order valence-corrected chi connectivity index (χ4v) is 2.82. The second-order valence-electron chi connectivity index (χ2n) is 7.10. The van der Waals surface area contributed by atoms with E-state index in [-0.39, 0.29) is 12.4 Å². The standard InChI is InChI=1S/C19H22BrN5O4/c1-19(2,3)29-18(26)24(8-9-27-4)16-10-15(28-13-6-5-7-21-11-13)23-17-14(20)12-22-25(16)17/h5-7,10-12H,8-9H2,1-4H3. The third kappa shape index (κ3) is 5.21. The molecule has 0 unspecified atom stereocenters. The summed E-state index contributed by atoms with van der Waals surface area (Å²) in [6.07, 6.45) is 4.30. The van der Waals surface area contributed by atoms with E-state index in [0.717, 1.165) is 0 Å². The van der Waals surface area contributed by atoms with Crippen LogP contribution in [0, 0.1) is 0 Å². The van der Waals surface area contributed by atoms with Crippen molar-refractivity contribution in [3.8, 4) is 11.6 Å². The topological polar surface area (TPSA) is 91.1 Å². The van der Waals surface area contributed by atoms with Crippen molar-refractivity contribution in [2.75, 3.05) is 25.2 Å². The van der Waals surface area contributed by atoms with Crippen LogP contribution in [0.15, 0.2) is 41.3 Å². The van der Waals surface area contributed by atoms with Gasteiger partial charge < -0.3 is 14.2 Å². The molecule has 0 aliphatic rings. The van der Waals surface area contributed by atoms with Crippen molar-refractivity contribution in [2.45, 2.75) is 26.4 Å². The van der Waals surface area contributed by atoms with Gasteiger partial charge in [-0.15, -0.1) is 0 Å². The van der Waals surface area contributed by atoms with Gasteiger partial charge in [-0.05, 0) is 48.8 Å². The Bertz CT molecular complexity index is 987. The molecule has 154 valence electrons. The molecule has 0 aliphatic heterocycles. The van der Waals surface area contributed by atoms with Crippen LogP contribution < -0.4 is 9.64 Å². The number of carbonyl (C=O) groups excluding carboxylic acids is 1. The summed E-state index contributed by atoms with van der Waals surface area (Å²) in [5.41, 5.74) is -0.166. The largest absolute Gasteiger partial charge is 0.443 e. The molecule has 0 spiro atoms. The number of carbonyl (C=O) groups is 1. The summed E-state index contributed by atoms with van der Waals surface area (Å²) in [7, 11) is 1.57. The first kappa shape index (κ1) is 21.0. The molecule has 0 bridgehead atoms. The number of rotatable bonds is 6. The molecule has 0 fully saturated rings. The van der Waals surface area contributed by atoms with E-state index in [2.05, 4.69) is 31.0 Å². The van der Waals surface area contributed by atoms with Crippen LogP contribution in [-0.2, 0) is 9.47 Å². The number of anilines is 1. The molecule has 0 aromatic carbocycles. The average Bonchev–Trinajstić information content (AvgIpc) is 3.02. The SMILES string of the molecule is COCCN(C(=O)OC(C)(C)C)c1cc(Oc2cccnc2)nc2c(Br)cnn12. The Hall–Kier alpha value is -2.72. The molecule has 10 heteroatoms. The number of methoxy groups -OCH3 is 1. The Morgan fingerprint density at radius 2 is 2.10 bits per heavy atom. The third-order valence-corrected chi connectivity index (χ3v) is 4.21. The highest BCUT2D eigenvalue weighted by Crippen LogP contribution is 2.29. The molecular weight excluding hydrogens is 442 g/mol. The molecule has 3 aromatic rings. The fraction of sp³-hybridized carbons (Fsp3) is 0.368. The summed E-state index contributed by atoms with van der Waals surface area (Å²) >= 11 is 3.44. The first-order valence-electron chi connectivity index (χ1n) is 8.90. The van der Waals surface area contributed by atoms with Gasteiger partial charge in [0, 0.05) is 19.4 Å². The van der Waals surface area contributed by atoms with Crippen LogP contribution in [0.1, 0.15) is 20.8 Å². The van der Waals surface area contributed by atoms with Gasteiger partial charge >= 0.3 is 6.09 Å². The quantitative estimate of drug-likeness (QED) is 0.543. The second-order valence-corrected chi connectivity index (χ2v) is 7.95. The summed E-state index contributed by atoms with van der Waals surface area (Å²) < 4.78 is 18.8. The van der Waals surface area contributed by atoms with Gasteiger partial charge in [-0.3, -0.25) is 9.88 Å². The molecule has 3 heterocycles. The number of pyridine rings is 1. The van der Waals surface area contributed by atoms with Crippen molar-refractivity contribution in [2.24, 2.45) is 0 Å². The van der Waals surface area contributed by atoms with Crippen molar-refractivity contribution in [3.05, 3.63) is 41.3 Å². The minimum atomic E-state index is -0.658. The predicted molar refractivity (Wildman–Crippen MR) is 110 cm³/mol. The van der Waals surface area contributed by atoms with E-state index in [1.165, 1.54) is 4.90 Å². The lowest BCUT2D eigenvalue weighted by atomic mass is 10.2. The van der Waals surface area contributed by atoms with E-state index >= 15 is 0 Å². The van der Waals surface area contributed by atoms with Crippen molar-refractivity contribution in [1.29, 1.82) is 0 Å². The molecule has 3 rings (SSSR count). The number of ether oxygens (including phenoxy) is 3. The Morgan fingerprint density at radius 3 is 2.76 bits per heavy atom. The first-order chi connectivity index (χ1) is 13.8. The van der Waals surface area contributed by atoms with Crippen LogP contribution >= 0.6 is 15.9 Å². The molecule has 3 aromatic heterocycles. The van der Waals surface area contributed by atoms with Crippen LogP contribution in [0.4, 0.5) is 10.6 Å². The number of halogens is 1. The highest BCUT2D eigenvalue weighted by molar-refractivity contribution is 9.10. The number of aromatic nitrogens is 4. The third-order valence-electron chi connectivity index (χ3n) is 3.65.